The highest BCUT2D eigenvalue weighted by Gasteiger charge is 2.24. The van der Waals surface area contributed by atoms with Gasteiger partial charge in [-0.05, 0) is 62.9 Å². The fourth-order valence-corrected chi connectivity index (χ4v) is 4.59. The van der Waals surface area contributed by atoms with Crippen molar-refractivity contribution < 1.29 is 0 Å². The van der Waals surface area contributed by atoms with Gasteiger partial charge in [0.1, 0.15) is 0 Å². The minimum atomic E-state index is -0.0496. The molecule has 0 radical (unpaired) electrons. The summed E-state index contributed by atoms with van der Waals surface area (Å²) in [6.45, 7) is 13.4. The van der Waals surface area contributed by atoms with Crippen LogP contribution in [0.5, 0.6) is 0 Å². The zero-order valence-electron chi connectivity index (χ0n) is 19.0. The van der Waals surface area contributed by atoms with Crippen LogP contribution in [-0.2, 0) is 0 Å². The van der Waals surface area contributed by atoms with Crippen molar-refractivity contribution in [2.75, 3.05) is 19.6 Å². The van der Waals surface area contributed by atoms with E-state index >= 15 is 0 Å². The summed E-state index contributed by atoms with van der Waals surface area (Å²) in [5, 5.41) is 4.10. The molecule has 0 amide bonds. The van der Waals surface area contributed by atoms with E-state index in [-0.39, 0.29) is 11.7 Å². The van der Waals surface area contributed by atoms with Crippen molar-refractivity contribution in [3.8, 4) is 0 Å². The Kier molecular flexibility index (Phi) is 6.58. The van der Waals surface area contributed by atoms with Crippen LogP contribution in [0, 0.1) is 6.92 Å². The van der Waals surface area contributed by atoms with Gasteiger partial charge in [0.15, 0.2) is 0 Å². The van der Waals surface area contributed by atoms with E-state index in [9.17, 15) is 4.79 Å². The number of nitrogens with one attached hydrogen (secondary N) is 2. The maximum absolute atomic E-state index is 12.6. The second-order valence-corrected chi connectivity index (χ2v) is 9.28. The van der Waals surface area contributed by atoms with Crippen LogP contribution in [0.1, 0.15) is 43.9 Å². The number of imidazole rings is 1. The average Bonchev–Trinajstić information content (AvgIpc) is 3.09. The van der Waals surface area contributed by atoms with Gasteiger partial charge < -0.3 is 10.3 Å². The minimum Gasteiger partial charge on any atom is -0.359 e. The molecule has 0 atom stereocenters. The molecular weight excluding hydrogens is 420 g/mol. The molecular formula is C26H31ClN4O. The summed E-state index contributed by atoms with van der Waals surface area (Å²) >= 11 is 6.08. The van der Waals surface area contributed by atoms with Crippen molar-refractivity contribution in [1.82, 2.24) is 19.8 Å². The van der Waals surface area contributed by atoms with E-state index in [4.69, 9.17) is 11.6 Å². The molecule has 1 aliphatic rings. The Morgan fingerprint density at radius 2 is 1.84 bits per heavy atom. The highest BCUT2D eigenvalue weighted by molar-refractivity contribution is 6.31. The summed E-state index contributed by atoms with van der Waals surface area (Å²) in [6, 6.07) is 14.2. The second-order valence-electron chi connectivity index (χ2n) is 8.84. The van der Waals surface area contributed by atoms with Crippen LogP contribution in [0.25, 0.3) is 16.7 Å². The zero-order valence-corrected chi connectivity index (χ0v) is 19.8. The first-order valence-corrected chi connectivity index (χ1v) is 11.5. The van der Waals surface area contributed by atoms with Crippen LogP contribution in [0.4, 0.5) is 0 Å². The Morgan fingerprint density at radius 1 is 1.16 bits per heavy atom. The van der Waals surface area contributed by atoms with Crippen molar-refractivity contribution in [3.63, 3.8) is 0 Å². The number of fused-ring (bicyclic) bond motifs is 1. The molecule has 6 heteroatoms. The third-order valence-electron chi connectivity index (χ3n) is 6.44. The molecule has 1 aromatic heterocycles. The van der Waals surface area contributed by atoms with E-state index in [0.717, 1.165) is 60.5 Å². The van der Waals surface area contributed by atoms with Gasteiger partial charge in [-0.2, -0.15) is 0 Å². The van der Waals surface area contributed by atoms with Gasteiger partial charge in [-0.1, -0.05) is 48.0 Å². The first-order chi connectivity index (χ1) is 15.3. The number of piperidine rings is 1. The molecule has 4 rings (SSSR count). The number of hydrogen-bond donors (Lipinski definition) is 2. The predicted octanol–water partition coefficient (Wildman–Crippen LogP) is 5.48. The molecule has 0 bridgehead atoms. The lowest BCUT2D eigenvalue weighted by Crippen LogP contribution is -2.38. The number of H-pyrrole nitrogens is 1. The summed E-state index contributed by atoms with van der Waals surface area (Å²) in [6.07, 6.45) is 1.90. The van der Waals surface area contributed by atoms with Gasteiger partial charge in [-0.25, -0.2) is 4.79 Å². The lowest BCUT2D eigenvalue weighted by molar-refractivity contribution is 0.199. The van der Waals surface area contributed by atoms with Crippen LogP contribution in [0.3, 0.4) is 0 Å². The summed E-state index contributed by atoms with van der Waals surface area (Å²) in [4.78, 5) is 18.0. The van der Waals surface area contributed by atoms with Crippen molar-refractivity contribution in [3.05, 3.63) is 86.9 Å². The number of hydrogen-bond acceptors (Lipinski definition) is 3. The fraction of sp³-hybridized carbons (Fsp3) is 0.346. The van der Waals surface area contributed by atoms with E-state index < -0.39 is 0 Å². The Morgan fingerprint density at radius 3 is 2.53 bits per heavy atom. The number of likely N-dealkylation sites (tertiary alicyclic amines) is 1. The monoisotopic (exact) mass is 450 g/mol. The fourth-order valence-electron chi connectivity index (χ4n) is 4.42. The lowest BCUT2D eigenvalue weighted by Gasteiger charge is -2.33. The van der Waals surface area contributed by atoms with Crippen LogP contribution in [0.2, 0.25) is 5.02 Å². The standard InChI is InChI=1S/C26H31ClN4O/c1-17-5-7-21(8-6-17)20(4)28-19(3)18(2)16-30-13-11-23(12-14-30)31-25-10-9-22(27)15-24(25)29-26(31)32/h5-10,15,23,28H,4,11-14,16H2,1-3H3,(H,29,32)/b19-18+. The van der Waals surface area contributed by atoms with Crippen molar-refractivity contribution in [2.45, 2.75) is 39.7 Å². The minimum absolute atomic E-state index is 0.0496. The highest BCUT2D eigenvalue weighted by atomic mass is 35.5. The molecule has 2 heterocycles. The van der Waals surface area contributed by atoms with Gasteiger partial charge in [-0.15, -0.1) is 0 Å². The molecule has 2 N–H and O–H groups in total. The highest BCUT2D eigenvalue weighted by Crippen LogP contribution is 2.26. The molecule has 32 heavy (non-hydrogen) atoms. The summed E-state index contributed by atoms with van der Waals surface area (Å²) in [5.74, 6) is 0. The van der Waals surface area contributed by atoms with E-state index in [1.54, 1.807) is 0 Å². The molecule has 1 aliphatic heterocycles. The van der Waals surface area contributed by atoms with Gasteiger partial charge >= 0.3 is 5.69 Å². The van der Waals surface area contributed by atoms with Gasteiger partial charge in [0.2, 0.25) is 0 Å². The van der Waals surface area contributed by atoms with Gasteiger partial charge in [-0.3, -0.25) is 9.47 Å². The molecule has 2 aromatic carbocycles. The normalized spacial score (nSPS) is 16.2. The quantitative estimate of drug-likeness (QED) is 0.522. The lowest BCUT2D eigenvalue weighted by atomic mass is 10.0. The maximum Gasteiger partial charge on any atom is 0.326 e. The van der Waals surface area contributed by atoms with Crippen molar-refractivity contribution in [2.24, 2.45) is 0 Å². The van der Waals surface area contributed by atoms with Crippen LogP contribution >= 0.6 is 11.6 Å². The first-order valence-electron chi connectivity index (χ1n) is 11.1. The molecule has 0 spiro atoms. The van der Waals surface area contributed by atoms with Crippen LogP contribution in [-0.4, -0.2) is 34.1 Å². The van der Waals surface area contributed by atoms with E-state index in [1.807, 2.05) is 22.8 Å². The number of allylic oxidation sites excluding steroid dienone is 1. The van der Waals surface area contributed by atoms with Gasteiger partial charge in [0.05, 0.1) is 11.0 Å². The molecule has 0 saturated carbocycles. The number of aromatic nitrogens is 2. The van der Waals surface area contributed by atoms with Gasteiger partial charge in [0.25, 0.3) is 0 Å². The largest absolute Gasteiger partial charge is 0.359 e. The SMILES string of the molecule is C=C(N/C(C)=C(\C)CN1CCC(n2c(=O)[nH]c3cc(Cl)ccc32)CC1)c1ccc(C)cc1. The van der Waals surface area contributed by atoms with Crippen LogP contribution < -0.4 is 11.0 Å². The number of benzene rings is 2. The summed E-state index contributed by atoms with van der Waals surface area (Å²) < 4.78 is 1.91. The Hall–Kier alpha value is -2.76. The van der Waals surface area contributed by atoms with E-state index in [2.05, 4.69) is 66.8 Å². The Balaban J connectivity index is 1.37. The zero-order chi connectivity index (χ0) is 22.8. The number of halogens is 1. The third-order valence-corrected chi connectivity index (χ3v) is 6.68. The molecule has 3 aromatic rings. The maximum atomic E-state index is 12.6. The Labute approximate surface area is 194 Å². The second kappa shape index (κ2) is 9.39. The first kappa shape index (κ1) is 22.4. The molecule has 5 nitrogen and oxygen atoms in total. The topological polar surface area (TPSA) is 53.1 Å². The molecule has 1 saturated heterocycles. The van der Waals surface area contributed by atoms with E-state index in [0.29, 0.717) is 5.02 Å². The van der Waals surface area contributed by atoms with Gasteiger partial charge in [0, 0.05) is 42.1 Å². The molecule has 1 fully saturated rings. The van der Waals surface area contributed by atoms with Crippen molar-refractivity contribution >= 4 is 28.3 Å². The molecule has 0 unspecified atom stereocenters. The number of rotatable bonds is 6. The molecule has 168 valence electrons. The Bertz CT molecular complexity index is 1210. The summed E-state index contributed by atoms with van der Waals surface area (Å²) in [7, 11) is 0. The average molecular weight is 451 g/mol. The van der Waals surface area contributed by atoms with E-state index in [1.165, 1.54) is 11.1 Å². The number of aryl methyl sites for hydroxylation is 1. The third kappa shape index (κ3) is 4.84. The van der Waals surface area contributed by atoms with Crippen molar-refractivity contribution in [1.29, 1.82) is 0 Å². The smallest absolute Gasteiger partial charge is 0.326 e. The summed E-state index contributed by atoms with van der Waals surface area (Å²) in [5.41, 5.74) is 7.40. The number of nitrogens with zero attached hydrogens (tertiary/aromatic N) is 2. The molecule has 0 aliphatic carbocycles. The predicted molar refractivity (Wildman–Crippen MR) is 134 cm³/mol. The van der Waals surface area contributed by atoms with Crippen LogP contribution in [0.15, 0.2) is 65.1 Å². The number of aromatic amines is 1.